The van der Waals surface area contributed by atoms with Crippen molar-refractivity contribution in [1.82, 2.24) is 0 Å². The predicted octanol–water partition coefficient (Wildman–Crippen LogP) is 3.16. The molecule has 0 saturated carbocycles. The molecule has 0 atom stereocenters. The minimum atomic E-state index is -0.460. The molecule has 82 valence electrons. The number of hydrogen-bond donors (Lipinski definition) is 0. The van der Waals surface area contributed by atoms with E-state index < -0.39 is 11.8 Å². The second-order valence-corrected chi connectivity index (χ2v) is 4.46. The second kappa shape index (κ2) is 3.71. The zero-order chi connectivity index (χ0) is 11.8. The van der Waals surface area contributed by atoms with Crippen LogP contribution in [0.1, 0.15) is 20.7 Å². The molecule has 17 heavy (non-hydrogen) atoms. The summed E-state index contributed by atoms with van der Waals surface area (Å²) >= 11 is 1.52. The van der Waals surface area contributed by atoms with Crippen molar-refractivity contribution in [2.45, 2.75) is 0 Å². The van der Waals surface area contributed by atoms with Gasteiger partial charge in [-0.15, -0.1) is 21.6 Å². The lowest BCUT2D eigenvalue weighted by Gasteiger charge is -2.10. The number of carbonyl (C=O) groups is 2. The third kappa shape index (κ3) is 1.52. The Morgan fingerprint density at radius 2 is 1.65 bits per heavy atom. The monoisotopic (exact) mass is 242 g/mol. The minimum Gasteiger partial charge on any atom is -0.265 e. The van der Waals surface area contributed by atoms with Gasteiger partial charge >= 0.3 is 0 Å². The Bertz CT molecular complexity index is 645. The summed E-state index contributed by atoms with van der Waals surface area (Å²) < 4.78 is 0. The normalized spacial score (nSPS) is 13.9. The van der Waals surface area contributed by atoms with Gasteiger partial charge in [-0.05, 0) is 17.5 Å². The van der Waals surface area contributed by atoms with Gasteiger partial charge in [0.05, 0.1) is 11.1 Å². The van der Waals surface area contributed by atoms with Crippen molar-refractivity contribution in [3.05, 3.63) is 46.8 Å². The van der Waals surface area contributed by atoms with Crippen molar-refractivity contribution in [3.8, 4) is 10.4 Å². The number of benzene rings is 1. The van der Waals surface area contributed by atoms with Gasteiger partial charge in [0.2, 0.25) is 0 Å². The summed E-state index contributed by atoms with van der Waals surface area (Å²) in [6, 6.07) is 8.97. The predicted molar refractivity (Wildman–Crippen MR) is 63.3 cm³/mol. The van der Waals surface area contributed by atoms with E-state index in [0.29, 0.717) is 11.1 Å². The zero-order valence-corrected chi connectivity index (χ0v) is 9.40. The summed E-state index contributed by atoms with van der Waals surface area (Å²) in [7, 11) is 0. The van der Waals surface area contributed by atoms with E-state index in [1.807, 2.05) is 23.6 Å². The van der Waals surface area contributed by atoms with E-state index in [1.165, 1.54) is 11.3 Å². The highest BCUT2D eigenvalue weighted by Gasteiger charge is 2.25. The van der Waals surface area contributed by atoms with E-state index in [9.17, 15) is 9.59 Å². The maximum atomic E-state index is 11.7. The summed E-state index contributed by atoms with van der Waals surface area (Å²) in [5, 5.41) is 8.60. The number of azo groups is 1. The third-order valence-electron chi connectivity index (χ3n) is 2.53. The quantitative estimate of drug-likeness (QED) is 0.771. The van der Waals surface area contributed by atoms with Crippen LogP contribution in [0.25, 0.3) is 10.4 Å². The molecule has 1 aliphatic heterocycles. The standard InChI is InChI=1S/C12H6N2O2S/c15-11-8-4-1-3-7(9-5-2-6-17-9)10(8)12(16)14-13-11/h1-6H. The lowest BCUT2D eigenvalue weighted by Crippen LogP contribution is -2.12. The summed E-state index contributed by atoms with van der Waals surface area (Å²) in [4.78, 5) is 24.2. The number of fused-ring (bicyclic) bond motifs is 1. The van der Waals surface area contributed by atoms with Crippen molar-refractivity contribution < 1.29 is 9.59 Å². The fourth-order valence-corrected chi connectivity index (χ4v) is 2.55. The van der Waals surface area contributed by atoms with Crippen LogP contribution in [0, 0.1) is 0 Å². The van der Waals surface area contributed by atoms with Crippen LogP contribution in [0.3, 0.4) is 0 Å². The average Bonchev–Trinajstić information content (AvgIpc) is 2.87. The molecule has 2 amide bonds. The molecule has 0 aliphatic carbocycles. The number of amides is 2. The van der Waals surface area contributed by atoms with Crippen molar-refractivity contribution in [2.75, 3.05) is 0 Å². The molecule has 3 rings (SSSR count). The van der Waals surface area contributed by atoms with Crippen LogP contribution < -0.4 is 0 Å². The maximum absolute atomic E-state index is 11.7. The van der Waals surface area contributed by atoms with Gasteiger partial charge < -0.3 is 0 Å². The molecule has 0 radical (unpaired) electrons. The fourth-order valence-electron chi connectivity index (χ4n) is 1.79. The molecule has 5 heteroatoms. The first-order valence-corrected chi connectivity index (χ1v) is 5.82. The molecule has 2 aromatic rings. The first-order chi connectivity index (χ1) is 8.27. The Kier molecular flexibility index (Phi) is 2.19. The van der Waals surface area contributed by atoms with E-state index in [4.69, 9.17) is 0 Å². The molecular formula is C12H6N2O2S. The Balaban J connectivity index is 2.31. The Hall–Kier alpha value is -2.14. The van der Waals surface area contributed by atoms with Crippen LogP contribution in [0.15, 0.2) is 45.9 Å². The number of rotatable bonds is 1. The number of thiophene rings is 1. The molecule has 0 spiro atoms. The van der Waals surface area contributed by atoms with E-state index in [1.54, 1.807) is 12.1 Å². The highest BCUT2D eigenvalue weighted by Crippen LogP contribution is 2.32. The SMILES string of the molecule is O=C1N=NC(=O)c2c1cccc2-c1cccs1. The van der Waals surface area contributed by atoms with Crippen LogP contribution in [0.4, 0.5) is 0 Å². The van der Waals surface area contributed by atoms with E-state index in [0.717, 1.165) is 10.4 Å². The van der Waals surface area contributed by atoms with Crippen LogP contribution in [-0.4, -0.2) is 11.8 Å². The fraction of sp³-hybridized carbons (Fsp3) is 0. The summed E-state index contributed by atoms with van der Waals surface area (Å²) in [5.74, 6) is -0.915. The molecule has 1 aromatic carbocycles. The average molecular weight is 242 g/mol. The number of hydrogen-bond acceptors (Lipinski definition) is 3. The van der Waals surface area contributed by atoms with Crippen LogP contribution in [0.2, 0.25) is 0 Å². The first-order valence-electron chi connectivity index (χ1n) is 4.94. The molecule has 2 heterocycles. The van der Waals surface area contributed by atoms with Gasteiger partial charge in [0.1, 0.15) is 0 Å². The molecule has 0 N–H and O–H groups in total. The smallest absolute Gasteiger partial charge is 0.265 e. The summed E-state index contributed by atoms with van der Waals surface area (Å²) in [6.45, 7) is 0. The maximum Gasteiger partial charge on any atom is 0.297 e. The van der Waals surface area contributed by atoms with Crippen molar-refractivity contribution >= 4 is 23.2 Å². The van der Waals surface area contributed by atoms with Crippen molar-refractivity contribution in [2.24, 2.45) is 10.2 Å². The van der Waals surface area contributed by atoms with Gasteiger partial charge in [-0.25, -0.2) is 0 Å². The lowest BCUT2D eigenvalue weighted by molar-refractivity contribution is 0.0921. The highest BCUT2D eigenvalue weighted by atomic mass is 32.1. The van der Waals surface area contributed by atoms with Gasteiger partial charge in [0.15, 0.2) is 0 Å². The molecule has 0 fully saturated rings. The molecule has 1 aliphatic rings. The molecular weight excluding hydrogens is 236 g/mol. The summed E-state index contributed by atoms with van der Waals surface area (Å²) in [6.07, 6.45) is 0. The molecule has 4 nitrogen and oxygen atoms in total. The van der Waals surface area contributed by atoms with Crippen LogP contribution >= 0.6 is 11.3 Å². The largest absolute Gasteiger partial charge is 0.297 e. The van der Waals surface area contributed by atoms with E-state index in [-0.39, 0.29) is 0 Å². The van der Waals surface area contributed by atoms with Crippen LogP contribution in [-0.2, 0) is 0 Å². The summed E-state index contributed by atoms with van der Waals surface area (Å²) in [5.41, 5.74) is 1.43. The number of nitrogens with zero attached hydrogens (tertiary/aromatic N) is 2. The topological polar surface area (TPSA) is 58.9 Å². The van der Waals surface area contributed by atoms with E-state index >= 15 is 0 Å². The van der Waals surface area contributed by atoms with Gasteiger partial charge in [-0.1, -0.05) is 18.2 Å². The molecule has 1 aromatic heterocycles. The molecule has 0 saturated heterocycles. The van der Waals surface area contributed by atoms with Gasteiger partial charge in [0, 0.05) is 10.4 Å². The Morgan fingerprint density at radius 1 is 0.882 bits per heavy atom. The lowest BCUT2D eigenvalue weighted by atomic mass is 9.98. The molecule has 0 bridgehead atoms. The molecule has 0 unspecified atom stereocenters. The Morgan fingerprint density at radius 3 is 2.41 bits per heavy atom. The minimum absolute atomic E-state index is 0.330. The number of carbonyl (C=O) groups excluding carboxylic acids is 2. The Labute approximate surface area is 101 Å². The van der Waals surface area contributed by atoms with Crippen molar-refractivity contribution in [1.29, 1.82) is 0 Å². The van der Waals surface area contributed by atoms with Crippen molar-refractivity contribution in [3.63, 3.8) is 0 Å². The highest BCUT2D eigenvalue weighted by molar-refractivity contribution is 7.13. The third-order valence-corrected chi connectivity index (χ3v) is 3.43. The van der Waals surface area contributed by atoms with Gasteiger partial charge in [-0.2, -0.15) is 0 Å². The van der Waals surface area contributed by atoms with Gasteiger partial charge in [0.25, 0.3) is 11.8 Å². The van der Waals surface area contributed by atoms with Crippen LogP contribution in [0.5, 0.6) is 0 Å². The first kappa shape index (κ1) is 10.0. The van der Waals surface area contributed by atoms with Gasteiger partial charge in [-0.3, -0.25) is 9.59 Å². The zero-order valence-electron chi connectivity index (χ0n) is 8.58. The second-order valence-electron chi connectivity index (χ2n) is 3.52. The van der Waals surface area contributed by atoms with E-state index in [2.05, 4.69) is 10.2 Å².